The van der Waals surface area contributed by atoms with Crippen LogP contribution in [0.25, 0.3) is 10.9 Å². The van der Waals surface area contributed by atoms with Crippen LogP contribution in [0.1, 0.15) is 12.5 Å². The van der Waals surface area contributed by atoms with Gasteiger partial charge < -0.3 is 4.98 Å². The molecule has 21 heavy (non-hydrogen) atoms. The van der Waals surface area contributed by atoms with Crippen LogP contribution in [0.3, 0.4) is 0 Å². The fourth-order valence-corrected chi connectivity index (χ4v) is 4.42. The Morgan fingerprint density at radius 2 is 2.10 bits per heavy atom. The zero-order chi connectivity index (χ0) is 15.0. The highest BCUT2D eigenvalue weighted by molar-refractivity contribution is 7.91. The van der Waals surface area contributed by atoms with Crippen molar-refractivity contribution in [2.45, 2.75) is 19.5 Å². The van der Waals surface area contributed by atoms with Crippen LogP contribution in [0, 0.1) is 0 Å². The maximum atomic E-state index is 12.1. The molecular formula is C15H18N2O3S. The summed E-state index contributed by atoms with van der Waals surface area (Å²) in [7, 11) is -2.93. The van der Waals surface area contributed by atoms with Crippen molar-refractivity contribution in [3.63, 3.8) is 0 Å². The second-order valence-electron chi connectivity index (χ2n) is 5.64. The maximum absolute atomic E-state index is 12.1. The number of aromatic nitrogens is 1. The van der Waals surface area contributed by atoms with Crippen LogP contribution in [-0.2, 0) is 16.4 Å². The molecule has 1 N–H and O–H groups in total. The summed E-state index contributed by atoms with van der Waals surface area (Å²) >= 11 is 0. The second kappa shape index (κ2) is 5.27. The van der Waals surface area contributed by atoms with E-state index >= 15 is 0 Å². The molecule has 2 heterocycles. The summed E-state index contributed by atoms with van der Waals surface area (Å²) in [6, 6.07) is 9.48. The Morgan fingerprint density at radius 3 is 2.86 bits per heavy atom. The van der Waals surface area contributed by atoms with Gasteiger partial charge in [-0.2, -0.15) is 0 Å². The van der Waals surface area contributed by atoms with E-state index in [-0.39, 0.29) is 23.1 Å². The van der Waals surface area contributed by atoms with Gasteiger partial charge in [-0.3, -0.25) is 9.69 Å². The van der Waals surface area contributed by atoms with Crippen LogP contribution in [0.5, 0.6) is 0 Å². The molecule has 0 spiro atoms. The van der Waals surface area contributed by atoms with E-state index in [1.807, 2.05) is 37.3 Å². The molecule has 1 fully saturated rings. The first-order valence-electron chi connectivity index (χ1n) is 7.00. The number of aromatic amines is 1. The predicted octanol–water partition coefficient (Wildman–Crippen LogP) is 1.15. The first-order valence-corrected chi connectivity index (χ1v) is 8.82. The molecule has 3 rings (SSSR count). The normalized spacial score (nSPS) is 22.4. The fraction of sp³-hybridized carbons (Fsp3) is 0.400. The average Bonchev–Trinajstić information content (AvgIpc) is 2.42. The molecular weight excluding hydrogens is 288 g/mol. The van der Waals surface area contributed by atoms with E-state index in [0.29, 0.717) is 18.7 Å². The van der Waals surface area contributed by atoms with Crippen LogP contribution in [0.4, 0.5) is 0 Å². The molecule has 0 amide bonds. The van der Waals surface area contributed by atoms with Gasteiger partial charge in [0, 0.05) is 30.2 Å². The van der Waals surface area contributed by atoms with Crippen molar-refractivity contribution < 1.29 is 8.42 Å². The molecule has 6 heteroatoms. The summed E-state index contributed by atoms with van der Waals surface area (Å²) in [6.07, 6.45) is 0. The van der Waals surface area contributed by atoms with Crippen molar-refractivity contribution in [3.05, 3.63) is 46.2 Å². The van der Waals surface area contributed by atoms with E-state index in [0.717, 1.165) is 10.9 Å². The molecule has 0 bridgehead atoms. The van der Waals surface area contributed by atoms with Crippen LogP contribution in [-0.4, -0.2) is 42.4 Å². The minimum absolute atomic E-state index is 0.0605. The van der Waals surface area contributed by atoms with Gasteiger partial charge in [-0.05, 0) is 24.4 Å². The monoisotopic (exact) mass is 306 g/mol. The standard InChI is InChI=1S/C15H18N2O3S/c1-11-10-21(19,20)7-6-17(11)9-13-8-12-4-2-3-5-14(12)16-15(13)18/h2-5,8,11H,6-7,9-10H2,1H3,(H,16,18)/t11-/m0/s1. The van der Waals surface area contributed by atoms with E-state index in [1.54, 1.807) is 0 Å². The van der Waals surface area contributed by atoms with Crippen molar-refractivity contribution in [3.8, 4) is 0 Å². The molecule has 1 aromatic heterocycles. The SMILES string of the molecule is C[C@H]1CS(=O)(=O)CCN1Cc1cc2ccccc2[nH]c1=O. The number of benzene rings is 1. The summed E-state index contributed by atoms with van der Waals surface area (Å²) in [5, 5.41) is 0.990. The van der Waals surface area contributed by atoms with E-state index in [4.69, 9.17) is 0 Å². The number of fused-ring (bicyclic) bond motifs is 1. The van der Waals surface area contributed by atoms with Crippen LogP contribution < -0.4 is 5.56 Å². The Balaban J connectivity index is 1.88. The Kier molecular flexibility index (Phi) is 3.59. The van der Waals surface area contributed by atoms with E-state index < -0.39 is 9.84 Å². The third-order valence-corrected chi connectivity index (χ3v) is 5.81. The molecule has 0 saturated carbocycles. The van der Waals surface area contributed by atoms with Gasteiger partial charge >= 0.3 is 0 Å². The molecule has 1 saturated heterocycles. The summed E-state index contributed by atoms with van der Waals surface area (Å²) < 4.78 is 23.2. The third kappa shape index (κ3) is 3.01. The average molecular weight is 306 g/mol. The van der Waals surface area contributed by atoms with Gasteiger partial charge in [0.2, 0.25) is 0 Å². The zero-order valence-electron chi connectivity index (χ0n) is 11.9. The van der Waals surface area contributed by atoms with Crippen molar-refractivity contribution in [1.82, 2.24) is 9.88 Å². The number of hydrogen-bond acceptors (Lipinski definition) is 4. The number of para-hydroxylation sites is 1. The number of H-pyrrole nitrogens is 1. The van der Waals surface area contributed by atoms with Gasteiger partial charge in [-0.1, -0.05) is 18.2 Å². The molecule has 1 aromatic carbocycles. The lowest BCUT2D eigenvalue weighted by Gasteiger charge is -2.32. The number of pyridine rings is 1. The lowest BCUT2D eigenvalue weighted by Crippen LogP contribution is -2.46. The zero-order valence-corrected chi connectivity index (χ0v) is 12.7. The first kappa shape index (κ1) is 14.3. The maximum Gasteiger partial charge on any atom is 0.252 e. The van der Waals surface area contributed by atoms with Gasteiger partial charge in [0.1, 0.15) is 0 Å². The van der Waals surface area contributed by atoms with Crippen LogP contribution >= 0.6 is 0 Å². The lowest BCUT2D eigenvalue weighted by molar-refractivity contribution is 0.217. The Morgan fingerprint density at radius 1 is 1.33 bits per heavy atom. The minimum atomic E-state index is -2.93. The quantitative estimate of drug-likeness (QED) is 0.903. The van der Waals surface area contributed by atoms with Crippen molar-refractivity contribution >= 4 is 20.7 Å². The number of sulfone groups is 1. The highest BCUT2D eigenvalue weighted by atomic mass is 32.2. The Bertz CT molecular complexity index is 826. The highest BCUT2D eigenvalue weighted by Crippen LogP contribution is 2.16. The third-order valence-electron chi connectivity index (χ3n) is 4.01. The summed E-state index contributed by atoms with van der Waals surface area (Å²) in [5.41, 5.74) is 1.40. The Hall–Kier alpha value is -1.66. The van der Waals surface area contributed by atoms with Crippen molar-refractivity contribution in [1.29, 1.82) is 0 Å². The number of rotatable bonds is 2. The van der Waals surface area contributed by atoms with Crippen LogP contribution in [0.15, 0.2) is 35.1 Å². The molecule has 0 unspecified atom stereocenters. The molecule has 0 radical (unpaired) electrons. The molecule has 1 aliphatic heterocycles. The van der Waals surface area contributed by atoms with E-state index in [1.165, 1.54) is 0 Å². The number of nitrogens with one attached hydrogen (secondary N) is 1. The second-order valence-corrected chi connectivity index (χ2v) is 7.87. The number of nitrogens with zero attached hydrogens (tertiary/aromatic N) is 1. The van der Waals surface area contributed by atoms with Crippen molar-refractivity contribution in [2.75, 3.05) is 18.1 Å². The molecule has 1 aliphatic rings. The first-order chi connectivity index (χ1) is 9.94. The molecule has 0 aliphatic carbocycles. The van der Waals surface area contributed by atoms with Crippen LogP contribution in [0.2, 0.25) is 0 Å². The minimum Gasteiger partial charge on any atom is -0.322 e. The summed E-state index contributed by atoms with van der Waals surface area (Å²) in [4.78, 5) is 17.1. The highest BCUT2D eigenvalue weighted by Gasteiger charge is 2.28. The molecule has 112 valence electrons. The van der Waals surface area contributed by atoms with Gasteiger partial charge in [0.05, 0.1) is 11.5 Å². The lowest BCUT2D eigenvalue weighted by atomic mass is 10.1. The van der Waals surface area contributed by atoms with Gasteiger partial charge in [-0.25, -0.2) is 8.42 Å². The van der Waals surface area contributed by atoms with Gasteiger partial charge in [0.25, 0.3) is 5.56 Å². The smallest absolute Gasteiger partial charge is 0.252 e. The molecule has 5 nitrogen and oxygen atoms in total. The van der Waals surface area contributed by atoms with E-state index in [9.17, 15) is 13.2 Å². The summed E-state index contributed by atoms with van der Waals surface area (Å²) in [5.74, 6) is 0.335. The molecule has 1 atom stereocenters. The predicted molar refractivity (Wildman–Crippen MR) is 83.1 cm³/mol. The summed E-state index contributed by atoms with van der Waals surface area (Å²) in [6.45, 7) is 2.86. The number of hydrogen-bond donors (Lipinski definition) is 1. The molecule has 2 aromatic rings. The Labute approximate surface area is 123 Å². The topological polar surface area (TPSA) is 70.2 Å². The van der Waals surface area contributed by atoms with Gasteiger partial charge in [0.15, 0.2) is 9.84 Å². The fourth-order valence-electron chi connectivity index (χ4n) is 2.80. The van der Waals surface area contributed by atoms with Gasteiger partial charge in [-0.15, -0.1) is 0 Å². The van der Waals surface area contributed by atoms with Crippen molar-refractivity contribution in [2.24, 2.45) is 0 Å². The largest absolute Gasteiger partial charge is 0.322 e. The van der Waals surface area contributed by atoms with E-state index in [2.05, 4.69) is 9.88 Å².